The van der Waals surface area contributed by atoms with E-state index < -0.39 is 10.7 Å². The van der Waals surface area contributed by atoms with Gasteiger partial charge < -0.3 is 9.64 Å². The maximum absolute atomic E-state index is 13.5. The summed E-state index contributed by atoms with van der Waals surface area (Å²) in [7, 11) is 1.29. The molecular formula is C12H14FN3O3. The van der Waals surface area contributed by atoms with E-state index in [1.54, 1.807) is 11.8 Å². The number of nitro groups is 1. The number of nitriles is 1. The van der Waals surface area contributed by atoms with Crippen molar-refractivity contribution in [1.82, 2.24) is 0 Å². The molecule has 0 aliphatic carbocycles. The summed E-state index contributed by atoms with van der Waals surface area (Å²) in [6.07, 6.45) is 0.227. The summed E-state index contributed by atoms with van der Waals surface area (Å²) in [4.78, 5) is 12.0. The molecule has 1 aromatic rings. The highest BCUT2D eigenvalue weighted by Gasteiger charge is 2.22. The maximum atomic E-state index is 13.5. The highest BCUT2D eigenvalue weighted by Crippen LogP contribution is 2.34. The van der Waals surface area contributed by atoms with E-state index in [9.17, 15) is 14.5 Å². The van der Waals surface area contributed by atoms with Crippen LogP contribution in [0.5, 0.6) is 5.75 Å². The van der Waals surface area contributed by atoms with E-state index in [2.05, 4.69) is 0 Å². The predicted octanol–water partition coefficient (Wildman–Crippen LogP) is 2.48. The Kier molecular flexibility index (Phi) is 5.06. The molecule has 0 fully saturated rings. The van der Waals surface area contributed by atoms with Crippen LogP contribution in [-0.4, -0.2) is 25.1 Å². The van der Waals surface area contributed by atoms with Crippen molar-refractivity contribution in [2.75, 3.05) is 25.1 Å². The number of hydrogen-bond acceptors (Lipinski definition) is 5. The van der Waals surface area contributed by atoms with E-state index in [0.29, 0.717) is 13.1 Å². The van der Waals surface area contributed by atoms with Gasteiger partial charge in [-0.3, -0.25) is 10.1 Å². The van der Waals surface area contributed by atoms with Crippen LogP contribution in [0.3, 0.4) is 0 Å². The van der Waals surface area contributed by atoms with Gasteiger partial charge in [0.15, 0.2) is 11.6 Å². The Balaban J connectivity index is 3.28. The van der Waals surface area contributed by atoms with Crippen molar-refractivity contribution < 1.29 is 14.1 Å². The molecular weight excluding hydrogens is 253 g/mol. The molecule has 0 aliphatic heterocycles. The van der Waals surface area contributed by atoms with Gasteiger partial charge in [0.05, 0.1) is 30.6 Å². The van der Waals surface area contributed by atoms with Gasteiger partial charge in [-0.05, 0) is 6.92 Å². The molecule has 0 spiro atoms. The second-order valence-electron chi connectivity index (χ2n) is 3.72. The largest absolute Gasteiger partial charge is 0.494 e. The van der Waals surface area contributed by atoms with Gasteiger partial charge in [0.25, 0.3) is 5.69 Å². The molecule has 0 aliphatic rings. The number of nitro benzene ring substituents is 1. The van der Waals surface area contributed by atoms with Crippen molar-refractivity contribution in [2.24, 2.45) is 0 Å². The van der Waals surface area contributed by atoms with Crippen LogP contribution in [0.25, 0.3) is 0 Å². The first-order chi connectivity index (χ1) is 9.04. The van der Waals surface area contributed by atoms with Crippen LogP contribution in [0.1, 0.15) is 13.3 Å². The van der Waals surface area contributed by atoms with Gasteiger partial charge in [-0.15, -0.1) is 0 Å². The number of methoxy groups -OCH3 is 1. The van der Waals surface area contributed by atoms with E-state index in [-0.39, 0.29) is 23.5 Å². The van der Waals surface area contributed by atoms with Gasteiger partial charge in [-0.2, -0.15) is 5.26 Å². The SMILES string of the molecule is CCN(CCC#N)c1cc(OC)c(F)cc1[N+](=O)[O-]. The molecule has 0 radical (unpaired) electrons. The fourth-order valence-electron chi connectivity index (χ4n) is 1.72. The molecule has 102 valence electrons. The Morgan fingerprint density at radius 2 is 2.26 bits per heavy atom. The molecule has 6 nitrogen and oxygen atoms in total. The highest BCUT2D eigenvalue weighted by molar-refractivity contribution is 5.66. The molecule has 0 saturated heterocycles. The van der Waals surface area contributed by atoms with Crippen molar-refractivity contribution in [3.8, 4) is 11.8 Å². The molecule has 1 rings (SSSR count). The molecule has 0 atom stereocenters. The molecule has 0 bridgehead atoms. The van der Waals surface area contributed by atoms with Crippen LogP contribution in [-0.2, 0) is 0 Å². The summed E-state index contributed by atoms with van der Waals surface area (Å²) in [5.41, 5.74) is -0.0842. The van der Waals surface area contributed by atoms with Crippen LogP contribution in [0.2, 0.25) is 0 Å². The number of ether oxygens (including phenoxy) is 1. The fraction of sp³-hybridized carbons (Fsp3) is 0.417. The van der Waals surface area contributed by atoms with E-state index >= 15 is 0 Å². The first-order valence-electron chi connectivity index (χ1n) is 5.69. The Hall–Kier alpha value is -2.36. The number of anilines is 1. The van der Waals surface area contributed by atoms with Gasteiger partial charge in [-0.25, -0.2) is 4.39 Å². The van der Waals surface area contributed by atoms with Crippen LogP contribution < -0.4 is 9.64 Å². The first-order valence-corrected chi connectivity index (χ1v) is 5.69. The molecule has 1 aromatic carbocycles. The third-order valence-corrected chi connectivity index (χ3v) is 2.66. The Morgan fingerprint density at radius 3 is 2.74 bits per heavy atom. The van der Waals surface area contributed by atoms with E-state index in [1.807, 2.05) is 6.07 Å². The number of benzene rings is 1. The second kappa shape index (κ2) is 6.54. The zero-order chi connectivity index (χ0) is 14.4. The van der Waals surface area contributed by atoms with Crippen molar-refractivity contribution in [3.63, 3.8) is 0 Å². The summed E-state index contributed by atoms with van der Waals surface area (Å²) in [5.74, 6) is -0.842. The van der Waals surface area contributed by atoms with Gasteiger partial charge in [0.2, 0.25) is 0 Å². The topological polar surface area (TPSA) is 79.4 Å². The minimum Gasteiger partial charge on any atom is -0.494 e. The summed E-state index contributed by atoms with van der Waals surface area (Å²) in [6.45, 7) is 2.61. The van der Waals surface area contributed by atoms with Gasteiger partial charge in [0, 0.05) is 19.2 Å². The molecule has 0 unspecified atom stereocenters. The Morgan fingerprint density at radius 1 is 1.58 bits per heavy atom. The lowest BCUT2D eigenvalue weighted by molar-refractivity contribution is -0.384. The monoisotopic (exact) mass is 267 g/mol. The van der Waals surface area contributed by atoms with Crippen molar-refractivity contribution >= 4 is 11.4 Å². The smallest absolute Gasteiger partial charge is 0.295 e. The Labute approximate surface area is 110 Å². The maximum Gasteiger partial charge on any atom is 0.295 e. The highest BCUT2D eigenvalue weighted by atomic mass is 19.1. The predicted molar refractivity (Wildman–Crippen MR) is 67.7 cm³/mol. The van der Waals surface area contributed by atoms with Gasteiger partial charge in [-0.1, -0.05) is 0 Å². The average molecular weight is 267 g/mol. The van der Waals surface area contributed by atoms with Crippen LogP contribution in [0.15, 0.2) is 12.1 Å². The van der Waals surface area contributed by atoms with Crippen LogP contribution >= 0.6 is 0 Å². The number of halogens is 1. The third kappa shape index (κ3) is 3.31. The zero-order valence-electron chi connectivity index (χ0n) is 10.7. The average Bonchev–Trinajstić information content (AvgIpc) is 2.40. The summed E-state index contributed by atoms with van der Waals surface area (Å²) >= 11 is 0. The number of rotatable bonds is 6. The number of hydrogen-bond donors (Lipinski definition) is 0. The quantitative estimate of drug-likeness (QED) is 0.584. The lowest BCUT2D eigenvalue weighted by atomic mass is 10.2. The molecule has 0 amide bonds. The molecule has 0 saturated carbocycles. The van der Waals surface area contributed by atoms with Gasteiger partial charge >= 0.3 is 0 Å². The molecule has 0 aromatic heterocycles. The van der Waals surface area contributed by atoms with E-state index in [1.165, 1.54) is 13.2 Å². The summed E-state index contributed by atoms with van der Waals surface area (Å²) < 4.78 is 18.3. The van der Waals surface area contributed by atoms with Crippen LogP contribution in [0, 0.1) is 27.3 Å². The van der Waals surface area contributed by atoms with Crippen LogP contribution in [0.4, 0.5) is 15.8 Å². The Bertz CT molecular complexity index is 514. The van der Waals surface area contributed by atoms with E-state index in [0.717, 1.165) is 6.07 Å². The molecule has 0 heterocycles. The minimum atomic E-state index is -0.783. The van der Waals surface area contributed by atoms with Crippen molar-refractivity contribution in [2.45, 2.75) is 13.3 Å². The molecule has 7 heteroatoms. The zero-order valence-corrected chi connectivity index (χ0v) is 10.7. The summed E-state index contributed by atoms with van der Waals surface area (Å²) in [6, 6.07) is 4.10. The second-order valence-corrected chi connectivity index (χ2v) is 3.72. The standard InChI is InChI=1S/C12H14FN3O3/c1-3-15(6-4-5-14)10-8-12(19-2)9(13)7-11(10)16(17)18/h7-8H,3-4,6H2,1-2H3. The lowest BCUT2D eigenvalue weighted by Gasteiger charge is -2.22. The van der Waals surface area contributed by atoms with E-state index in [4.69, 9.17) is 10.00 Å². The summed E-state index contributed by atoms with van der Waals surface area (Å²) in [5, 5.41) is 19.6. The minimum absolute atomic E-state index is 0.0593. The molecule has 19 heavy (non-hydrogen) atoms. The van der Waals surface area contributed by atoms with Gasteiger partial charge in [0.1, 0.15) is 5.69 Å². The number of nitrogens with zero attached hydrogens (tertiary/aromatic N) is 3. The third-order valence-electron chi connectivity index (χ3n) is 2.66. The van der Waals surface area contributed by atoms with Crippen molar-refractivity contribution in [3.05, 3.63) is 28.1 Å². The lowest BCUT2D eigenvalue weighted by Crippen LogP contribution is -2.24. The van der Waals surface area contributed by atoms with Crippen molar-refractivity contribution in [1.29, 1.82) is 5.26 Å². The normalized spacial score (nSPS) is 9.79. The molecule has 0 N–H and O–H groups in total. The first kappa shape index (κ1) is 14.7. The fourth-order valence-corrected chi connectivity index (χ4v) is 1.72.